The summed E-state index contributed by atoms with van der Waals surface area (Å²) >= 11 is 0. The van der Waals surface area contributed by atoms with E-state index >= 15 is 0 Å². The van der Waals surface area contributed by atoms with Crippen molar-refractivity contribution in [2.45, 2.75) is 37.6 Å². The maximum absolute atomic E-state index is 12.3. The highest BCUT2D eigenvalue weighted by molar-refractivity contribution is 7.89. The summed E-state index contributed by atoms with van der Waals surface area (Å²) in [6.07, 6.45) is 0.746. The maximum atomic E-state index is 12.3. The summed E-state index contributed by atoms with van der Waals surface area (Å²) in [5, 5.41) is 0. The number of sulfonamides is 1. The lowest BCUT2D eigenvalue weighted by atomic mass is 10.1. The van der Waals surface area contributed by atoms with E-state index in [1.54, 1.807) is 39.0 Å². The van der Waals surface area contributed by atoms with Crippen LogP contribution in [-0.2, 0) is 21.2 Å². The van der Waals surface area contributed by atoms with Gasteiger partial charge in [-0.05, 0) is 68.8 Å². The number of carbonyl (C=O) groups is 2. The molecule has 0 saturated heterocycles. The molecular formula is C21H23NO6S. The van der Waals surface area contributed by atoms with Gasteiger partial charge in [-0.3, -0.25) is 4.79 Å². The largest absolute Gasteiger partial charge is 0.493 e. The van der Waals surface area contributed by atoms with Gasteiger partial charge < -0.3 is 9.47 Å². The third-order valence-corrected chi connectivity index (χ3v) is 5.96. The number of benzene rings is 2. The van der Waals surface area contributed by atoms with E-state index in [2.05, 4.69) is 4.72 Å². The van der Waals surface area contributed by atoms with Gasteiger partial charge in [-0.1, -0.05) is 0 Å². The molecule has 29 heavy (non-hydrogen) atoms. The molecule has 1 heterocycles. The molecular weight excluding hydrogens is 394 g/mol. The molecule has 7 nitrogen and oxygen atoms in total. The van der Waals surface area contributed by atoms with Crippen molar-refractivity contribution in [3.63, 3.8) is 0 Å². The summed E-state index contributed by atoms with van der Waals surface area (Å²) in [7, 11) is -3.69. The van der Waals surface area contributed by atoms with Gasteiger partial charge in [0.05, 0.1) is 17.1 Å². The van der Waals surface area contributed by atoms with Gasteiger partial charge in [0.15, 0.2) is 12.4 Å². The van der Waals surface area contributed by atoms with Crippen molar-refractivity contribution in [2.75, 3.05) is 13.2 Å². The fraction of sp³-hybridized carbons (Fsp3) is 0.333. The lowest BCUT2D eigenvalue weighted by Gasteiger charge is -2.20. The van der Waals surface area contributed by atoms with E-state index in [-0.39, 0.29) is 16.2 Å². The number of hydrogen-bond acceptors (Lipinski definition) is 6. The number of nitrogens with one attached hydrogen (secondary N) is 1. The van der Waals surface area contributed by atoms with Crippen LogP contribution in [0.3, 0.4) is 0 Å². The van der Waals surface area contributed by atoms with Gasteiger partial charge in [0.1, 0.15) is 5.75 Å². The van der Waals surface area contributed by atoms with E-state index in [0.717, 1.165) is 17.7 Å². The molecule has 1 N–H and O–H groups in total. The Labute approximate surface area is 170 Å². The van der Waals surface area contributed by atoms with Gasteiger partial charge in [-0.25, -0.2) is 17.9 Å². The summed E-state index contributed by atoms with van der Waals surface area (Å²) < 4.78 is 37.6. The smallest absolute Gasteiger partial charge is 0.338 e. The fourth-order valence-electron chi connectivity index (χ4n) is 2.89. The van der Waals surface area contributed by atoms with Crippen LogP contribution in [0.5, 0.6) is 5.75 Å². The standard InChI is InChI=1S/C21H23NO6S/c1-21(2,3)22-29(25,26)17-7-4-14(5-8-17)20(24)28-13-18(23)15-6-9-19-16(12-15)10-11-27-19/h4-9,12,22H,10-11,13H2,1-3H3. The first-order valence-corrected chi connectivity index (χ1v) is 10.6. The van der Waals surface area contributed by atoms with Crippen LogP contribution in [0.4, 0.5) is 0 Å². The number of Topliss-reactive ketones (excluding diaryl/α,β-unsaturated/α-hetero) is 1. The fourth-order valence-corrected chi connectivity index (χ4v) is 4.31. The average Bonchev–Trinajstić information content (AvgIpc) is 3.11. The number of ether oxygens (including phenoxy) is 2. The number of carbonyl (C=O) groups excluding carboxylic acids is 2. The second kappa shape index (κ2) is 7.96. The molecule has 0 amide bonds. The van der Waals surface area contributed by atoms with Crippen LogP contribution in [0, 0.1) is 0 Å². The number of rotatable bonds is 6. The van der Waals surface area contributed by atoms with Crippen molar-refractivity contribution < 1.29 is 27.5 Å². The molecule has 0 radical (unpaired) electrons. The van der Waals surface area contributed by atoms with E-state index in [9.17, 15) is 18.0 Å². The number of fused-ring (bicyclic) bond motifs is 1. The van der Waals surface area contributed by atoms with Crippen LogP contribution in [0.1, 0.15) is 47.1 Å². The predicted molar refractivity (Wildman–Crippen MR) is 107 cm³/mol. The minimum atomic E-state index is -3.69. The predicted octanol–water partition coefficient (Wildman–Crippen LogP) is 2.74. The highest BCUT2D eigenvalue weighted by Crippen LogP contribution is 2.26. The third-order valence-electron chi connectivity index (χ3n) is 4.19. The Hall–Kier alpha value is -2.71. The Bertz CT molecular complexity index is 1040. The quantitative estimate of drug-likeness (QED) is 0.573. The molecule has 0 aromatic heterocycles. The normalized spacial score (nSPS) is 13.5. The van der Waals surface area contributed by atoms with E-state index in [1.807, 2.05) is 0 Å². The maximum Gasteiger partial charge on any atom is 0.338 e. The van der Waals surface area contributed by atoms with Gasteiger partial charge in [-0.15, -0.1) is 0 Å². The molecule has 154 valence electrons. The van der Waals surface area contributed by atoms with Crippen LogP contribution in [0.15, 0.2) is 47.4 Å². The number of hydrogen-bond donors (Lipinski definition) is 1. The highest BCUT2D eigenvalue weighted by Gasteiger charge is 2.22. The van der Waals surface area contributed by atoms with E-state index in [1.165, 1.54) is 24.3 Å². The van der Waals surface area contributed by atoms with E-state index < -0.39 is 28.1 Å². The first-order valence-electron chi connectivity index (χ1n) is 9.15. The van der Waals surface area contributed by atoms with Crippen molar-refractivity contribution in [1.82, 2.24) is 4.72 Å². The summed E-state index contributed by atoms with van der Waals surface area (Å²) in [4.78, 5) is 24.5. The zero-order chi connectivity index (χ0) is 21.2. The molecule has 0 saturated carbocycles. The minimum Gasteiger partial charge on any atom is -0.493 e. The monoisotopic (exact) mass is 417 g/mol. The Morgan fingerprint density at radius 3 is 2.38 bits per heavy atom. The third kappa shape index (κ3) is 5.21. The van der Waals surface area contributed by atoms with Crippen molar-refractivity contribution in [2.24, 2.45) is 0 Å². The summed E-state index contributed by atoms with van der Waals surface area (Å²) in [5.74, 6) is -0.244. The zero-order valence-corrected chi connectivity index (χ0v) is 17.3. The Morgan fingerprint density at radius 1 is 1.07 bits per heavy atom. The Morgan fingerprint density at radius 2 is 1.72 bits per heavy atom. The van der Waals surface area contributed by atoms with Crippen LogP contribution >= 0.6 is 0 Å². The Balaban J connectivity index is 1.62. The lowest BCUT2D eigenvalue weighted by molar-refractivity contribution is 0.0474. The summed E-state index contributed by atoms with van der Waals surface area (Å²) in [6, 6.07) is 10.5. The summed E-state index contributed by atoms with van der Waals surface area (Å²) in [6.45, 7) is 5.41. The number of ketones is 1. The minimum absolute atomic E-state index is 0.0420. The molecule has 0 atom stereocenters. The molecule has 2 aromatic rings. The van der Waals surface area contributed by atoms with Gasteiger partial charge in [0.2, 0.25) is 10.0 Å². The second-order valence-electron chi connectivity index (χ2n) is 7.80. The van der Waals surface area contributed by atoms with Crippen molar-refractivity contribution in [1.29, 1.82) is 0 Å². The van der Waals surface area contributed by atoms with Crippen molar-refractivity contribution in [3.05, 3.63) is 59.2 Å². The topological polar surface area (TPSA) is 98.8 Å². The number of esters is 1. The first-order chi connectivity index (χ1) is 13.5. The van der Waals surface area contributed by atoms with Gasteiger partial charge in [0.25, 0.3) is 0 Å². The van der Waals surface area contributed by atoms with Gasteiger partial charge >= 0.3 is 5.97 Å². The molecule has 3 rings (SSSR count). The lowest BCUT2D eigenvalue weighted by Crippen LogP contribution is -2.40. The highest BCUT2D eigenvalue weighted by atomic mass is 32.2. The van der Waals surface area contributed by atoms with Gasteiger partial charge in [-0.2, -0.15) is 0 Å². The summed E-state index contributed by atoms with van der Waals surface area (Å²) in [5.41, 5.74) is 0.954. The Kier molecular flexibility index (Phi) is 5.77. The van der Waals surface area contributed by atoms with Crippen molar-refractivity contribution in [3.8, 4) is 5.75 Å². The molecule has 0 aliphatic carbocycles. The molecule has 2 aromatic carbocycles. The van der Waals surface area contributed by atoms with Crippen molar-refractivity contribution >= 4 is 21.8 Å². The van der Waals surface area contributed by atoms with E-state index in [0.29, 0.717) is 12.2 Å². The molecule has 1 aliphatic heterocycles. The molecule has 0 unspecified atom stereocenters. The van der Waals surface area contributed by atoms with Crippen LogP contribution < -0.4 is 9.46 Å². The molecule has 0 bridgehead atoms. The second-order valence-corrected chi connectivity index (χ2v) is 9.48. The first kappa shape index (κ1) is 21.0. The average molecular weight is 417 g/mol. The molecule has 0 fully saturated rings. The van der Waals surface area contributed by atoms with Crippen LogP contribution in [-0.4, -0.2) is 38.9 Å². The molecule has 1 aliphatic rings. The van der Waals surface area contributed by atoms with E-state index in [4.69, 9.17) is 9.47 Å². The molecule has 0 spiro atoms. The SMILES string of the molecule is CC(C)(C)NS(=O)(=O)c1ccc(C(=O)OCC(=O)c2ccc3c(c2)CCO3)cc1. The zero-order valence-electron chi connectivity index (χ0n) is 16.5. The van der Waals surface area contributed by atoms with Gasteiger partial charge in [0, 0.05) is 17.5 Å². The van der Waals surface area contributed by atoms with Crippen LogP contribution in [0.2, 0.25) is 0 Å². The molecule has 8 heteroatoms. The van der Waals surface area contributed by atoms with Crippen LogP contribution in [0.25, 0.3) is 0 Å².